The number of hydrogen-bond acceptors (Lipinski definition) is 4. The molecule has 0 unspecified atom stereocenters. The normalized spacial score (nSPS) is 10.8. The van der Waals surface area contributed by atoms with Gasteiger partial charge in [-0.15, -0.1) is 0 Å². The van der Waals surface area contributed by atoms with Crippen molar-refractivity contribution in [3.05, 3.63) is 54.1 Å². The van der Waals surface area contributed by atoms with E-state index in [1.165, 1.54) is 19.3 Å². The number of hydrogen-bond donors (Lipinski definition) is 0. The van der Waals surface area contributed by atoms with E-state index in [1.807, 2.05) is 44.2 Å². The van der Waals surface area contributed by atoms with E-state index in [9.17, 15) is 4.79 Å². The molecule has 0 aliphatic carbocycles. The quantitative estimate of drug-likeness (QED) is 0.342. The minimum Gasteiger partial charge on any atom is -0.382 e. The Bertz CT molecular complexity index is 1000. The van der Waals surface area contributed by atoms with Gasteiger partial charge in [-0.3, -0.25) is 9.78 Å². The van der Waals surface area contributed by atoms with Crippen LogP contribution in [0.4, 0.5) is 5.69 Å². The van der Waals surface area contributed by atoms with Gasteiger partial charge in [-0.05, 0) is 57.5 Å². The first-order chi connectivity index (χ1) is 16.6. The molecule has 194 valence electrons. The van der Waals surface area contributed by atoms with Crippen LogP contribution in [0.5, 0.6) is 0 Å². The third-order valence-electron chi connectivity index (χ3n) is 5.49. The highest BCUT2D eigenvalue weighted by molar-refractivity contribution is 5.93. The molecule has 0 saturated carbocycles. The van der Waals surface area contributed by atoms with Crippen LogP contribution in [-0.2, 0) is 21.5 Å². The fourth-order valence-corrected chi connectivity index (χ4v) is 3.45. The molecule has 1 amide bonds. The number of carbonyl (C=O) groups excluding carboxylic acids is 1. The van der Waals surface area contributed by atoms with E-state index >= 15 is 0 Å². The van der Waals surface area contributed by atoms with Gasteiger partial charge in [0, 0.05) is 56.7 Å². The van der Waals surface area contributed by atoms with Crippen LogP contribution >= 0.6 is 0 Å². The Morgan fingerprint density at radius 2 is 1.80 bits per heavy atom. The highest BCUT2D eigenvalue weighted by atomic mass is 16.5. The summed E-state index contributed by atoms with van der Waals surface area (Å²) < 4.78 is 7.38. The lowest BCUT2D eigenvalue weighted by atomic mass is 9.96. The summed E-state index contributed by atoms with van der Waals surface area (Å²) in [5.74, 6) is 1.10. The van der Waals surface area contributed by atoms with E-state index < -0.39 is 0 Å². The standard InChI is InChI=1S/C16H23N3O.C7H16O.C6H7N/c1-7-19-14-9-8-12(18(6)11(2)20)10-13(14)17-15(19)16(3,4)5;1-3-5-6-7-8-4-2;1-6-4-2-3-5-7-6/h8-10H,7H2,1-6H3;3-7H2,1-2H3;2-5H,1H3. The first kappa shape index (κ1) is 30.3. The number of aryl methyl sites for hydroxylation is 2. The lowest BCUT2D eigenvalue weighted by Gasteiger charge is -2.19. The van der Waals surface area contributed by atoms with Crippen molar-refractivity contribution in [3.8, 4) is 0 Å². The lowest BCUT2D eigenvalue weighted by molar-refractivity contribution is -0.116. The van der Waals surface area contributed by atoms with Crippen LogP contribution in [-0.4, -0.2) is 40.7 Å². The largest absolute Gasteiger partial charge is 0.382 e. The lowest BCUT2D eigenvalue weighted by Crippen LogP contribution is -2.22. The van der Waals surface area contributed by atoms with Crippen LogP contribution in [0.3, 0.4) is 0 Å². The number of imidazole rings is 1. The fourth-order valence-electron chi connectivity index (χ4n) is 3.45. The number of nitrogens with zero attached hydrogens (tertiary/aromatic N) is 4. The number of ether oxygens (including phenoxy) is 1. The molecule has 3 rings (SSSR count). The van der Waals surface area contributed by atoms with Gasteiger partial charge in [0.05, 0.1) is 11.0 Å². The molecule has 0 spiro atoms. The second-order valence-corrected chi connectivity index (χ2v) is 9.56. The molecule has 0 atom stereocenters. The van der Waals surface area contributed by atoms with Gasteiger partial charge in [0.1, 0.15) is 5.82 Å². The Kier molecular flexibility index (Phi) is 13.2. The summed E-state index contributed by atoms with van der Waals surface area (Å²) in [4.78, 5) is 21.9. The van der Waals surface area contributed by atoms with E-state index in [2.05, 4.69) is 50.2 Å². The SMILES string of the molecule is CCCCCOCC.CCn1c(C(C)(C)C)nc2cc(N(C)C(C)=O)ccc21.Cc1ccccn1. The molecule has 1 aromatic carbocycles. The predicted octanol–water partition coefficient (Wildman–Crippen LogP) is 6.94. The van der Waals surface area contributed by atoms with Crippen molar-refractivity contribution in [2.24, 2.45) is 0 Å². The third-order valence-corrected chi connectivity index (χ3v) is 5.49. The molecule has 2 heterocycles. The van der Waals surface area contributed by atoms with Crippen molar-refractivity contribution < 1.29 is 9.53 Å². The van der Waals surface area contributed by atoms with Gasteiger partial charge in [0.2, 0.25) is 5.91 Å². The number of benzene rings is 1. The van der Waals surface area contributed by atoms with E-state index in [1.54, 1.807) is 25.1 Å². The average Bonchev–Trinajstić information content (AvgIpc) is 3.21. The van der Waals surface area contributed by atoms with Gasteiger partial charge in [-0.1, -0.05) is 46.6 Å². The van der Waals surface area contributed by atoms with Crippen molar-refractivity contribution in [1.82, 2.24) is 14.5 Å². The Balaban J connectivity index is 0.000000334. The van der Waals surface area contributed by atoms with Crippen LogP contribution in [0.2, 0.25) is 0 Å². The smallest absolute Gasteiger partial charge is 0.223 e. The minimum absolute atomic E-state index is 0.00166. The van der Waals surface area contributed by atoms with Crippen molar-refractivity contribution in [2.75, 3.05) is 25.2 Å². The Morgan fingerprint density at radius 1 is 1.09 bits per heavy atom. The van der Waals surface area contributed by atoms with Gasteiger partial charge in [-0.2, -0.15) is 0 Å². The Hall–Kier alpha value is -2.73. The molecule has 0 N–H and O–H groups in total. The Labute approximate surface area is 212 Å². The monoisotopic (exact) mass is 482 g/mol. The number of unbranched alkanes of at least 4 members (excludes halogenated alkanes) is 2. The molecule has 6 heteroatoms. The van der Waals surface area contributed by atoms with Crippen LogP contribution in [0.25, 0.3) is 11.0 Å². The molecule has 6 nitrogen and oxygen atoms in total. The molecule has 0 aliphatic heterocycles. The van der Waals surface area contributed by atoms with Crippen LogP contribution in [0.15, 0.2) is 42.6 Å². The summed E-state index contributed by atoms with van der Waals surface area (Å²) in [7, 11) is 1.78. The highest BCUT2D eigenvalue weighted by Gasteiger charge is 2.22. The van der Waals surface area contributed by atoms with Crippen LogP contribution < -0.4 is 4.90 Å². The number of fused-ring (bicyclic) bond motifs is 1. The van der Waals surface area contributed by atoms with E-state index in [0.717, 1.165) is 48.0 Å². The maximum atomic E-state index is 11.5. The topological polar surface area (TPSA) is 60.2 Å². The summed E-state index contributed by atoms with van der Waals surface area (Å²) in [5.41, 5.74) is 4.02. The van der Waals surface area contributed by atoms with Crippen molar-refractivity contribution >= 4 is 22.6 Å². The zero-order valence-corrected chi connectivity index (χ0v) is 23.4. The first-order valence-electron chi connectivity index (χ1n) is 12.8. The van der Waals surface area contributed by atoms with Crippen molar-refractivity contribution in [3.63, 3.8) is 0 Å². The molecular formula is C29H46N4O2. The predicted molar refractivity (Wildman–Crippen MR) is 148 cm³/mol. The second kappa shape index (κ2) is 15.3. The average molecular weight is 483 g/mol. The maximum absolute atomic E-state index is 11.5. The summed E-state index contributed by atoms with van der Waals surface area (Å²) in [6.07, 6.45) is 5.60. The zero-order chi connectivity index (χ0) is 26.4. The summed E-state index contributed by atoms with van der Waals surface area (Å²) >= 11 is 0. The first-order valence-corrected chi connectivity index (χ1v) is 12.8. The molecule has 35 heavy (non-hydrogen) atoms. The van der Waals surface area contributed by atoms with E-state index in [0.29, 0.717) is 0 Å². The maximum Gasteiger partial charge on any atom is 0.223 e. The number of pyridine rings is 1. The van der Waals surface area contributed by atoms with E-state index in [4.69, 9.17) is 9.72 Å². The number of anilines is 1. The molecule has 0 radical (unpaired) electrons. The molecule has 0 bridgehead atoms. The van der Waals surface area contributed by atoms with Crippen molar-refractivity contribution in [2.45, 2.75) is 86.6 Å². The molecule has 2 aromatic heterocycles. The number of rotatable bonds is 7. The van der Waals surface area contributed by atoms with Gasteiger partial charge in [-0.25, -0.2) is 4.98 Å². The van der Waals surface area contributed by atoms with Gasteiger partial charge in [0.15, 0.2) is 0 Å². The number of amides is 1. The highest BCUT2D eigenvalue weighted by Crippen LogP contribution is 2.28. The molecule has 0 aliphatic rings. The zero-order valence-electron chi connectivity index (χ0n) is 23.4. The Morgan fingerprint density at radius 3 is 2.26 bits per heavy atom. The summed E-state index contributed by atoms with van der Waals surface area (Å²) in [6.45, 7) is 19.1. The van der Waals surface area contributed by atoms with Crippen LogP contribution in [0.1, 0.15) is 79.2 Å². The summed E-state index contributed by atoms with van der Waals surface area (Å²) in [5, 5.41) is 0. The van der Waals surface area contributed by atoms with Crippen molar-refractivity contribution in [1.29, 1.82) is 0 Å². The molecular weight excluding hydrogens is 436 g/mol. The molecule has 3 aromatic rings. The molecule has 0 fully saturated rings. The van der Waals surface area contributed by atoms with Gasteiger partial charge < -0.3 is 14.2 Å². The molecule has 0 saturated heterocycles. The van der Waals surface area contributed by atoms with E-state index in [-0.39, 0.29) is 11.3 Å². The number of aromatic nitrogens is 3. The second-order valence-electron chi connectivity index (χ2n) is 9.56. The van der Waals surface area contributed by atoms with Gasteiger partial charge >= 0.3 is 0 Å². The summed E-state index contributed by atoms with van der Waals surface area (Å²) in [6, 6.07) is 11.9. The fraction of sp³-hybridized carbons (Fsp3) is 0.552. The van der Waals surface area contributed by atoms with Gasteiger partial charge in [0.25, 0.3) is 0 Å². The number of carbonyl (C=O) groups is 1. The third kappa shape index (κ3) is 10.2. The minimum atomic E-state index is 0.00166. The van der Waals surface area contributed by atoms with Crippen LogP contribution in [0, 0.1) is 6.92 Å².